The van der Waals surface area contributed by atoms with Crippen molar-refractivity contribution in [3.63, 3.8) is 0 Å². The van der Waals surface area contributed by atoms with E-state index in [0.29, 0.717) is 5.56 Å². The lowest BCUT2D eigenvalue weighted by molar-refractivity contribution is -0.135. The van der Waals surface area contributed by atoms with Crippen molar-refractivity contribution in [1.82, 2.24) is 4.72 Å². The van der Waals surface area contributed by atoms with Crippen LogP contribution in [0.5, 0.6) is 0 Å². The van der Waals surface area contributed by atoms with Gasteiger partial charge >= 0.3 is 6.18 Å². The van der Waals surface area contributed by atoms with Gasteiger partial charge in [-0.1, -0.05) is 24.4 Å². The maximum atomic E-state index is 11.9. The van der Waals surface area contributed by atoms with Crippen molar-refractivity contribution in [2.75, 3.05) is 6.54 Å². The molecule has 0 spiro atoms. The summed E-state index contributed by atoms with van der Waals surface area (Å²) in [6, 6.07) is 5.75. The molecule has 0 aliphatic heterocycles. The highest BCUT2D eigenvalue weighted by molar-refractivity contribution is 7.89. The van der Waals surface area contributed by atoms with Crippen LogP contribution in [0.3, 0.4) is 0 Å². The van der Waals surface area contributed by atoms with E-state index in [-0.39, 0.29) is 29.3 Å². The molecule has 0 unspecified atom stereocenters. The summed E-state index contributed by atoms with van der Waals surface area (Å²) < 4.78 is 62.0. The lowest BCUT2D eigenvalue weighted by Crippen LogP contribution is -2.25. The van der Waals surface area contributed by atoms with E-state index in [1.807, 2.05) is 0 Å². The molecular formula is C12H15F3N2O2S2. The second-order valence-electron chi connectivity index (χ2n) is 4.36. The second-order valence-corrected chi connectivity index (χ2v) is 6.57. The number of rotatable bonds is 7. The van der Waals surface area contributed by atoms with Gasteiger partial charge in [-0.15, -0.1) is 0 Å². The number of thiocarbonyl (C=S) groups is 1. The Morgan fingerprint density at radius 2 is 1.95 bits per heavy atom. The second kappa shape index (κ2) is 7.19. The van der Waals surface area contributed by atoms with Gasteiger partial charge in [0.2, 0.25) is 10.0 Å². The molecule has 0 aliphatic carbocycles. The Morgan fingerprint density at radius 3 is 2.52 bits per heavy atom. The van der Waals surface area contributed by atoms with Crippen molar-refractivity contribution in [1.29, 1.82) is 0 Å². The first-order chi connectivity index (χ1) is 9.62. The van der Waals surface area contributed by atoms with Gasteiger partial charge in [0.1, 0.15) is 4.99 Å². The van der Waals surface area contributed by atoms with E-state index in [1.165, 1.54) is 18.2 Å². The fourth-order valence-corrected chi connectivity index (χ4v) is 2.80. The third-order valence-electron chi connectivity index (χ3n) is 2.61. The van der Waals surface area contributed by atoms with Gasteiger partial charge in [0.15, 0.2) is 0 Å². The van der Waals surface area contributed by atoms with Gasteiger partial charge in [-0.05, 0) is 25.0 Å². The molecular weight excluding hydrogens is 325 g/mol. The zero-order chi connectivity index (χ0) is 16.1. The summed E-state index contributed by atoms with van der Waals surface area (Å²) in [7, 11) is -3.78. The molecule has 1 aromatic rings. The number of sulfonamides is 1. The maximum absolute atomic E-state index is 11.9. The van der Waals surface area contributed by atoms with Gasteiger partial charge in [-0.25, -0.2) is 13.1 Å². The predicted octanol–water partition coefficient (Wildman–Crippen LogP) is 2.33. The van der Waals surface area contributed by atoms with E-state index in [2.05, 4.69) is 4.72 Å². The van der Waals surface area contributed by atoms with E-state index in [4.69, 9.17) is 18.0 Å². The van der Waals surface area contributed by atoms with Crippen LogP contribution >= 0.6 is 12.2 Å². The first-order valence-corrected chi connectivity index (χ1v) is 7.97. The van der Waals surface area contributed by atoms with Crippen molar-refractivity contribution in [3.05, 3.63) is 29.8 Å². The molecule has 0 saturated heterocycles. The molecule has 0 bridgehead atoms. The molecule has 9 heteroatoms. The van der Waals surface area contributed by atoms with Crippen LogP contribution in [0.4, 0.5) is 13.2 Å². The van der Waals surface area contributed by atoms with Crippen LogP contribution in [0.2, 0.25) is 0 Å². The molecule has 118 valence electrons. The summed E-state index contributed by atoms with van der Waals surface area (Å²) in [5, 5.41) is 0. The van der Waals surface area contributed by atoms with Crippen LogP contribution in [0.25, 0.3) is 0 Å². The van der Waals surface area contributed by atoms with Crippen LogP contribution in [0.1, 0.15) is 24.8 Å². The third-order valence-corrected chi connectivity index (χ3v) is 4.30. The predicted molar refractivity (Wildman–Crippen MR) is 77.4 cm³/mol. The van der Waals surface area contributed by atoms with E-state index in [1.54, 1.807) is 6.07 Å². The molecule has 3 N–H and O–H groups in total. The number of hydrogen-bond acceptors (Lipinski definition) is 3. The van der Waals surface area contributed by atoms with Crippen LogP contribution in [-0.2, 0) is 10.0 Å². The topological polar surface area (TPSA) is 72.2 Å². The van der Waals surface area contributed by atoms with Crippen LogP contribution in [-0.4, -0.2) is 26.1 Å². The summed E-state index contributed by atoms with van der Waals surface area (Å²) in [4.78, 5) is 0.0425. The molecule has 0 aliphatic rings. The highest BCUT2D eigenvalue weighted by Crippen LogP contribution is 2.22. The minimum absolute atomic E-state index is 0.0244. The lowest BCUT2D eigenvalue weighted by Gasteiger charge is -2.09. The fraction of sp³-hybridized carbons (Fsp3) is 0.417. The van der Waals surface area contributed by atoms with Gasteiger partial charge < -0.3 is 5.73 Å². The lowest BCUT2D eigenvalue weighted by atomic mass is 10.2. The summed E-state index contributed by atoms with van der Waals surface area (Å²) in [6.45, 7) is -0.0598. The maximum Gasteiger partial charge on any atom is 0.389 e. The zero-order valence-electron chi connectivity index (χ0n) is 11.0. The van der Waals surface area contributed by atoms with Gasteiger partial charge in [0.05, 0.1) is 4.90 Å². The Morgan fingerprint density at radius 1 is 1.29 bits per heavy atom. The molecule has 21 heavy (non-hydrogen) atoms. The zero-order valence-corrected chi connectivity index (χ0v) is 12.6. The van der Waals surface area contributed by atoms with Crippen molar-refractivity contribution in [3.8, 4) is 0 Å². The molecule has 0 heterocycles. The number of nitrogens with one attached hydrogen (secondary N) is 1. The Kier molecular flexibility index (Phi) is 6.11. The number of alkyl halides is 3. The average Bonchev–Trinajstić information content (AvgIpc) is 2.37. The van der Waals surface area contributed by atoms with E-state index in [0.717, 1.165) is 0 Å². The van der Waals surface area contributed by atoms with Crippen LogP contribution in [0, 0.1) is 0 Å². The SMILES string of the molecule is NC(=S)c1cccc(S(=O)(=O)NCCCCC(F)(F)F)c1. The molecule has 0 aromatic heterocycles. The van der Waals surface area contributed by atoms with E-state index in [9.17, 15) is 21.6 Å². The number of unbranched alkanes of at least 4 members (excludes halogenated alkanes) is 1. The van der Waals surface area contributed by atoms with Crippen molar-refractivity contribution in [2.45, 2.75) is 30.3 Å². The quantitative estimate of drug-likeness (QED) is 0.590. The summed E-state index contributed by atoms with van der Waals surface area (Å²) in [5.41, 5.74) is 5.82. The number of benzene rings is 1. The molecule has 1 aromatic carbocycles. The largest absolute Gasteiger partial charge is 0.389 e. The van der Waals surface area contributed by atoms with Crippen molar-refractivity contribution in [2.24, 2.45) is 5.73 Å². The third kappa shape index (κ3) is 6.40. The van der Waals surface area contributed by atoms with Crippen molar-refractivity contribution >= 4 is 27.2 Å². The number of hydrogen-bond donors (Lipinski definition) is 2. The minimum Gasteiger partial charge on any atom is -0.389 e. The summed E-state index contributed by atoms with van der Waals surface area (Å²) in [6.07, 6.45) is -5.16. The Hall–Kier alpha value is -1.19. The van der Waals surface area contributed by atoms with Gasteiger partial charge in [0, 0.05) is 18.5 Å². The molecule has 0 atom stereocenters. The summed E-state index contributed by atoms with van der Waals surface area (Å²) >= 11 is 4.76. The number of halogens is 3. The number of nitrogens with two attached hydrogens (primary N) is 1. The van der Waals surface area contributed by atoms with Crippen LogP contribution < -0.4 is 10.5 Å². The molecule has 0 saturated carbocycles. The average molecular weight is 340 g/mol. The highest BCUT2D eigenvalue weighted by atomic mass is 32.2. The van der Waals surface area contributed by atoms with Gasteiger partial charge in [0.25, 0.3) is 0 Å². The Balaban J connectivity index is 2.58. The first kappa shape index (κ1) is 17.9. The monoisotopic (exact) mass is 340 g/mol. The highest BCUT2D eigenvalue weighted by Gasteiger charge is 2.26. The van der Waals surface area contributed by atoms with Crippen LogP contribution in [0.15, 0.2) is 29.2 Å². The summed E-state index contributed by atoms with van der Waals surface area (Å²) in [5.74, 6) is 0. The standard InChI is InChI=1S/C12H15F3N2O2S2/c13-12(14,15)6-1-2-7-17-21(18,19)10-5-3-4-9(8-10)11(16)20/h3-5,8,17H,1-2,6-7H2,(H2,16,20). The molecule has 4 nitrogen and oxygen atoms in total. The first-order valence-electron chi connectivity index (χ1n) is 6.08. The molecule has 0 fully saturated rings. The molecule has 0 amide bonds. The normalized spacial score (nSPS) is 12.3. The minimum atomic E-state index is -4.22. The molecule has 0 radical (unpaired) electrons. The fourth-order valence-electron chi connectivity index (χ4n) is 1.56. The van der Waals surface area contributed by atoms with Crippen molar-refractivity contribution < 1.29 is 21.6 Å². The van der Waals surface area contributed by atoms with E-state index >= 15 is 0 Å². The smallest absolute Gasteiger partial charge is 0.389 e. The Bertz CT molecular complexity index is 601. The van der Waals surface area contributed by atoms with Gasteiger partial charge in [-0.2, -0.15) is 13.2 Å². The van der Waals surface area contributed by atoms with Gasteiger partial charge in [-0.3, -0.25) is 0 Å². The van der Waals surface area contributed by atoms with E-state index < -0.39 is 22.6 Å². The molecule has 1 rings (SSSR count). The Labute approximate surface area is 126 Å².